The van der Waals surface area contributed by atoms with Gasteiger partial charge in [0.15, 0.2) is 0 Å². The van der Waals surface area contributed by atoms with Crippen LogP contribution in [0.3, 0.4) is 0 Å². The molecule has 0 aliphatic carbocycles. The summed E-state index contributed by atoms with van der Waals surface area (Å²) < 4.78 is 10.4. The number of carboxylic acid groups (broad SMARTS) is 1. The fourth-order valence-corrected chi connectivity index (χ4v) is 1.65. The van der Waals surface area contributed by atoms with E-state index in [1.165, 1.54) is 0 Å². The quantitative estimate of drug-likeness (QED) is 0.741. The average molecular weight is 238 g/mol. The molecule has 0 spiro atoms. The van der Waals surface area contributed by atoms with Gasteiger partial charge in [-0.05, 0) is 30.9 Å². The second-order valence-corrected chi connectivity index (χ2v) is 3.78. The van der Waals surface area contributed by atoms with Gasteiger partial charge in [-0.1, -0.05) is 6.07 Å². The van der Waals surface area contributed by atoms with Crippen LogP contribution < -0.4 is 9.47 Å². The highest BCUT2D eigenvalue weighted by atomic mass is 16.5. The van der Waals surface area contributed by atoms with Crippen molar-refractivity contribution in [3.8, 4) is 11.5 Å². The lowest BCUT2D eigenvalue weighted by Crippen LogP contribution is -1.97. The minimum absolute atomic E-state index is 0.221. The van der Waals surface area contributed by atoms with Gasteiger partial charge in [-0.2, -0.15) is 0 Å². The van der Waals surface area contributed by atoms with Crippen molar-refractivity contribution in [2.45, 2.75) is 25.7 Å². The number of hydrogen-bond acceptors (Lipinski definition) is 3. The second kappa shape index (κ2) is 6.78. The van der Waals surface area contributed by atoms with E-state index < -0.39 is 5.97 Å². The van der Waals surface area contributed by atoms with Gasteiger partial charge >= 0.3 is 5.97 Å². The lowest BCUT2D eigenvalue weighted by Gasteiger charge is -2.09. The van der Waals surface area contributed by atoms with E-state index in [2.05, 4.69) is 0 Å². The van der Waals surface area contributed by atoms with Crippen molar-refractivity contribution in [2.75, 3.05) is 14.2 Å². The van der Waals surface area contributed by atoms with Gasteiger partial charge in [0.05, 0.1) is 14.2 Å². The number of unbranched alkanes of at least 4 members (excludes halogenated alkanes) is 1. The summed E-state index contributed by atoms with van der Waals surface area (Å²) >= 11 is 0. The number of methoxy groups -OCH3 is 2. The molecular weight excluding hydrogens is 220 g/mol. The Bertz CT molecular complexity index is 374. The van der Waals surface area contributed by atoms with E-state index in [9.17, 15) is 4.79 Å². The number of aryl methyl sites for hydroxylation is 1. The van der Waals surface area contributed by atoms with Crippen LogP contribution in [0.2, 0.25) is 0 Å². The van der Waals surface area contributed by atoms with Crippen molar-refractivity contribution >= 4 is 5.97 Å². The molecular formula is C13H18O4. The number of benzene rings is 1. The number of hydrogen-bond donors (Lipinski definition) is 1. The number of rotatable bonds is 7. The molecule has 0 aromatic heterocycles. The summed E-state index contributed by atoms with van der Waals surface area (Å²) in [5.41, 5.74) is 1.08. The number of carbonyl (C=O) groups is 1. The van der Waals surface area contributed by atoms with Gasteiger partial charge in [-0.3, -0.25) is 4.79 Å². The highest BCUT2D eigenvalue weighted by Gasteiger charge is 2.05. The summed E-state index contributed by atoms with van der Waals surface area (Å²) in [7, 11) is 3.23. The van der Waals surface area contributed by atoms with Crippen LogP contribution in [0.1, 0.15) is 24.8 Å². The molecule has 0 aliphatic rings. The van der Waals surface area contributed by atoms with E-state index in [1.54, 1.807) is 14.2 Å². The van der Waals surface area contributed by atoms with E-state index in [4.69, 9.17) is 14.6 Å². The van der Waals surface area contributed by atoms with Crippen LogP contribution in [0, 0.1) is 0 Å². The molecule has 0 saturated heterocycles. The Labute approximate surface area is 101 Å². The highest BCUT2D eigenvalue weighted by Crippen LogP contribution is 2.25. The first-order chi connectivity index (χ1) is 8.17. The zero-order valence-corrected chi connectivity index (χ0v) is 10.2. The number of aliphatic carboxylic acids is 1. The summed E-state index contributed by atoms with van der Waals surface area (Å²) in [6.45, 7) is 0. The summed E-state index contributed by atoms with van der Waals surface area (Å²) in [6, 6.07) is 5.68. The lowest BCUT2D eigenvalue weighted by molar-refractivity contribution is -0.137. The summed E-state index contributed by atoms with van der Waals surface area (Å²) in [5, 5.41) is 8.54. The molecule has 0 saturated carbocycles. The van der Waals surface area contributed by atoms with E-state index in [-0.39, 0.29) is 6.42 Å². The molecule has 0 heterocycles. The van der Waals surface area contributed by atoms with E-state index >= 15 is 0 Å². The van der Waals surface area contributed by atoms with Crippen molar-refractivity contribution in [1.29, 1.82) is 0 Å². The molecule has 0 amide bonds. The largest absolute Gasteiger partial charge is 0.497 e. The van der Waals surface area contributed by atoms with Crippen molar-refractivity contribution in [2.24, 2.45) is 0 Å². The molecule has 1 rings (SSSR count). The maximum Gasteiger partial charge on any atom is 0.303 e. The summed E-state index contributed by atoms with van der Waals surface area (Å²) in [4.78, 5) is 10.4. The zero-order chi connectivity index (χ0) is 12.7. The fourth-order valence-electron chi connectivity index (χ4n) is 1.65. The third-order valence-corrected chi connectivity index (χ3v) is 2.58. The van der Waals surface area contributed by atoms with Crippen molar-refractivity contribution in [3.05, 3.63) is 23.8 Å². The Balaban J connectivity index is 2.55. The Hall–Kier alpha value is -1.71. The monoisotopic (exact) mass is 238 g/mol. The predicted octanol–water partition coefficient (Wildman–Crippen LogP) is 2.50. The number of carboxylic acids is 1. The molecule has 17 heavy (non-hydrogen) atoms. The smallest absolute Gasteiger partial charge is 0.303 e. The van der Waals surface area contributed by atoms with E-state index in [0.29, 0.717) is 6.42 Å². The van der Waals surface area contributed by atoms with Crippen LogP contribution in [0.5, 0.6) is 11.5 Å². The zero-order valence-electron chi connectivity index (χ0n) is 10.2. The molecule has 1 aromatic carbocycles. The molecule has 0 unspecified atom stereocenters. The molecule has 4 heteroatoms. The highest BCUT2D eigenvalue weighted by molar-refractivity contribution is 5.66. The molecule has 0 bridgehead atoms. The fraction of sp³-hybridized carbons (Fsp3) is 0.462. The average Bonchev–Trinajstić information content (AvgIpc) is 2.34. The van der Waals surface area contributed by atoms with Gasteiger partial charge in [0.1, 0.15) is 11.5 Å². The standard InChI is InChI=1S/C13H18O4/c1-16-11-8-7-10(12(9-11)17-2)5-3-4-6-13(14)15/h7-9H,3-6H2,1-2H3,(H,14,15). The molecule has 4 nitrogen and oxygen atoms in total. The van der Waals surface area contributed by atoms with Crippen molar-refractivity contribution in [1.82, 2.24) is 0 Å². The Morgan fingerprint density at radius 1 is 1.24 bits per heavy atom. The molecule has 0 aliphatic heterocycles. The van der Waals surface area contributed by atoms with Crippen LogP contribution in [0.25, 0.3) is 0 Å². The summed E-state index contributed by atoms with van der Waals surface area (Å²) in [5.74, 6) is 0.808. The first-order valence-corrected chi connectivity index (χ1v) is 5.60. The second-order valence-electron chi connectivity index (χ2n) is 3.78. The number of ether oxygens (including phenoxy) is 2. The Morgan fingerprint density at radius 3 is 2.59 bits per heavy atom. The lowest BCUT2D eigenvalue weighted by atomic mass is 10.1. The molecule has 94 valence electrons. The predicted molar refractivity (Wildman–Crippen MR) is 64.7 cm³/mol. The van der Waals surface area contributed by atoms with Gasteiger partial charge in [0.25, 0.3) is 0 Å². The normalized spacial score (nSPS) is 10.0. The topological polar surface area (TPSA) is 55.8 Å². The molecule has 0 fully saturated rings. The van der Waals surface area contributed by atoms with Gasteiger partial charge < -0.3 is 14.6 Å². The third kappa shape index (κ3) is 4.34. The van der Waals surface area contributed by atoms with Gasteiger partial charge in [0, 0.05) is 12.5 Å². The first-order valence-electron chi connectivity index (χ1n) is 5.60. The Kier molecular flexibility index (Phi) is 5.33. The van der Waals surface area contributed by atoms with Gasteiger partial charge in [-0.15, -0.1) is 0 Å². The van der Waals surface area contributed by atoms with Crippen LogP contribution in [-0.4, -0.2) is 25.3 Å². The Morgan fingerprint density at radius 2 is 2.00 bits per heavy atom. The van der Waals surface area contributed by atoms with E-state index in [0.717, 1.165) is 29.9 Å². The minimum atomic E-state index is -0.744. The minimum Gasteiger partial charge on any atom is -0.497 e. The molecule has 0 atom stereocenters. The molecule has 1 N–H and O–H groups in total. The van der Waals surface area contributed by atoms with Crippen molar-refractivity contribution in [3.63, 3.8) is 0 Å². The maximum absolute atomic E-state index is 10.4. The van der Waals surface area contributed by atoms with Gasteiger partial charge in [-0.25, -0.2) is 0 Å². The van der Waals surface area contributed by atoms with Crippen LogP contribution in [-0.2, 0) is 11.2 Å². The summed E-state index contributed by atoms with van der Waals surface area (Å²) in [6.07, 6.45) is 2.57. The van der Waals surface area contributed by atoms with E-state index in [1.807, 2.05) is 18.2 Å². The molecule has 0 radical (unpaired) electrons. The maximum atomic E-state index is 10.4. The molecule has 1 aromatic rings. The van der Waals surface area contributed by atoms with Crippen LogP contribution in [0.15, 0.2) is 18.2 Å². The third-order valence-electron chi connectivity index (χ3n) is 2.58. The van der Waals surface area contributed by atoms with Gasteiger partial charge in [0.2, 0.25) is 0 Å². The van der Waals surface area contributed by atoms with Crippen molar-refractivity contribution < 1.29 is 19.4 Å². The first kappa shape index (κ1) is 13.4. The van der Waals surface area contributed by atoms with Crippen LogP contribution in [0.4, 0.5) is 0 Å². The SMILES string of the molecule is COc1ccc(CCCCC(=O)O)c(OC)c1. The van der Waals surface area contributed by atoms with Crippen LogP contribution >= 0.6 is 0 Å².